The molecule has 1 aromatic carbocycles. The quantitative estimate of drug-likeness (QED) is 0.788. The zero-order chi connectivity index (χ0) is 15.4. The molecule has 2 rings (SSSR count). The van der Waals surface area contributed by atoms with Crippen molar-refractivity contribution in [2.24, 2.45) is 0 Å². The Kier molecular flexibility index (Phi) is 4.47. The fourth-order valence-electron chi connectivity index (χ4n) is 2.54. The molecule has 0 fully saturated rings. The van der Waals surface area contributed by atoms with E-state index >= 15 is 0 Å². The minimum atomic E-state index is -0.681. The van der Waals surface area contributed by atoms with Gasteiger partial charge in [0.1, 0.15) is 12.3 Å². The van der Waals surface area contributed by atoms with Crippen LogP contribution < -0.4 is 5.32 Å². The van der Waals surface area contributed by atoms with E-state index in [2.05, 4.69) is 5.32 Å². The fraction of sp³-hybridized carbons (Fsp3) is 0.333. The van der Waals surface area contributed by atoms with E-state index in [1.54, 1.807) is 18.2 Å². The zero-order valence-electron chi connectivity index (χ0n) is 11.7. The van der Waals surface area contributed by atoms with E-state index in [1.165, 1.54) is 4.90 Å². The van der Waals surface area contributed by atoms with Gasteiger partial charge in [-0.25, -0.2) is 0 Å². The molecule has 1 aliphatic heterocycles. The van der Waals surface area contributed by atoms with Crippen molar-refractivity contribution in [1.29, 1.82) is 0 Å². The fourth-order valence-corrected chi connectivity index (χ4v) is 2.54. The lowest BCUT2D eigenvalue weighted by Crippen LogP contribution is -2.46. The molecule has 6 nitrogen and oxygen atoms in total. The molecule has 0 radical (unpaired) electrons. The van der Waals surface area contributed by atoms with Crippen molar-refractivity contribution in [2.45, 2.75) is 32.4 Å². The van der Waals surface area contributed by atoms with E-state index < -0.39 is 11.9 Å². The summed E-state index contributed by atoms with van der Waals surface area (Å²) < 4.78 is 0. The predicted octanol–water partition coefficient (Wildman–Crippen LogP) is 0.896. The van der Waals surface area contributed by atoms with Crippen LogP contribution in [0.4, 0.5) is 0 Å². The van der Waals surface area contributed by atoms with Crippen LogP contribution in [0.25, 0.3) is 0 Å². The third kappa shape index (κ3) is 2.84. The minimum absolute atomic E-state index is 0.248. The Balaban J connectivity index is 2.28. The number of imide groups is 1. The Bertz CT molecular complexity index is 597. The van der Waals surface area contributed by atoms with E-state index in [0.717, 1.165) is 11.8 Å². The van der Waals surface area contributed by atoms with Crippen LogP contribution in [0.3, 0.4) is 0 Å². The van der Waals surface area contributed by atoms with Gasteiger partial charge in [-0.2, -0.15) is 0 Å². The van der Waals surface area contributed by atoms with Crippen LogP contribution in [0, 0.1) is 0 Å². The van der Waals surface area contributed by atoms with Crippen LogP contribution >= 0.6 is 0 Å². The highest BCUT2D eigenvalue weighted by Gasteiger charge is 2.35. The average Bonchev–Trinajstić information content (AvgIpc) is 2.81. The number of amides is 3. The summed E-state index contributed by atoms with van der Waals surface area (Å²) >= 11 is 0. The summed E-state index contributed by atoms with van der Waals surface area (Å²) in [5, 5.41) is 2.11. The second-order valence-corrected chi connectivity index (χ2v) is 4.90. The molecule has 0 saturated heterocycles. The number of rotatable bonds is 6. The second kappa shape index (κ2) is 6.30. The smallest absolute Gasteiger partial charge is 0.255 e. The lowest BCUT2D eigenvalue weighted by atomic mass is 10.1. The summed E-state index contributed by atoms with van der Waals surface area (Å²) in [5.74, 6) is -0.731. The van der Waals surface area contributed by atoms with Crippen molar-refractivity contribution >= 4 is 24.5 Å². The maximum atomic E-state index is 12.4. The van der Waals surface area contributed by atoms with E-state index in [-0.39, 0.29) is 12.5 Å². The highest BCUT2D eigenvalue weighted by molar-refractivity contribution is 6.02. The summed E-state index contributed by atoms with van der Waals surface area (Å²) in [7, 11) is 0. The summed E-state index contributed by atoms with van der Waals surface area (Å²) in [6.07, 6.45) is 2.22. The van der Waals surface area contributed by atoms with Crippen LogP contribution in [0.15, 0.2) is 18.2 Å². The van der Waals surface area contributed by atoms with Gasteiger partial charge in [-0.1, -0.05) is 19.4 Å². The van der Waals surface area contributed by atoms with Crippen molar-refractivity contribution in [3.05, 3.63) is 34.9 Å². The van der Waals surface area contributed by atoms with Crippen molar-refractivity contribution in [3.63, 3.8) is 0 Å². The molecule has 0 bridgehead atoms. The summed E-state index contributed by atoms with van der Waals surface area (Å²) in [4.78, 5) is 47.0. The molecule has 1 aliphatic rings. The maximum absolute atomic E-state index is 12.4. The Hall–Kier alpha value is -2.50. The topological polar surface area (TPSA) is 83.6 Å². The van der Waals surface area contributed by atoms with Gasteiger partial charge < -0.3 is 4.90 Å². The first-order valence-corrected chi connectivity index (χ1v) is 6.75. The first-order chi connectivity index (χ1) is 10.1. The number of benzene rings is 1. The first-order valence-electron chi connectivity index (χ1n) is 6.75. The lowest BCUT2D eigenvalue weighted by molar-refractivity contribution is -0.129. The molecule has 1 aromatic rings. The second-order valence-electron chi connectivity index (χ2n) is 4.90. The van der Waals surface area contributed by atoms with E-state index in [9.17, 15) is 19.2 Å². The predicted molar refractivity (Wildman–Crippen MR) is 74.6 cm³/mol. The highest BCUT2D eigenvalue weighted by Crippen LogP contribution is 2.26. The molecule has 3 amide bonds. The van der Waals surface area contributed by atoms with Crippen molar-refractivity contribution < 1.29 is 19.2 Å². The average molecular weight is 288 g/mol. The largest absolute Gasteiger partial charge is 0.322 e. The molecule has 1 N–H and O–H groups in total. The van der Waals surface area contributed by atoms with Gasteiger partial charge in [0.05, 0.1) is 0 Å². The van der Waals surface area contributed by atoms with Crippen molar-refractivity contribution in [1.82, 2.24) is 10.2 Å². The Morgan fingerprint density at radius 2 is 2.19 bits per heavy atom. The molecule has 0 aliphatic carbocycles. The van der Waals surface area contributed by atoms with Gasteiger partial charge in [0, 0.05) is 17.7 Å². The molecule has 21 heavy (non-hydrogen) atoms. The van der Waals surface area contributed by atoms with Crippen LogP contribution in [-0.2, 0) is 16.1 Å². The molecule has 0 spiro atoms. The van der Waals surface area contributed by atoms with Gasteiger partial charge in [-0.05, 0) is 24.1 Å². The third-order valence-electron chi connectivity index (χ3n) is 3.54. The monoisotopic (exact) mass is 288 g/mol. The SMILES string of the molecule is CCCC(C(=O)NC=O)N1Cc2cc(C=O)ccc2C1=O. The van der Waals surface area contributed by atoms with E-state index in [4.69, 9.17) is 0 Å². The number of nitrogens with zero attached hydrogens (tertiary/aromatic N) is 1. The Morgan fingerprint density at radius 3 is 2.81 bits per heavy atom. The van der Waals surface area contributed by atoms with Crippen molar-refractivity contribution in [2.75, 3.05) is 0 Å². The van der Waals surface area contributed by atoms with Gasteiger partial charge in [-0.3, -0.25) is 24.5 Å². The normalized spacial score (nSPS) is 14.5. The number of nitrogens with one attached hydrogen (secondary N) is 1. The van der Waals surface area contributed by atoms with E-state index in [1.807, 2.05) is 6.92 Å². The van der Waals surface area contributed by atoms with Crippen molar-refractivity contribution in [3.8, 4) is 0 Å². The van der Waals surface area contributed by atoms with Crippen LogP contribution in [0.2, 0.25) is 0 Å². The van der Waals surface area contributed by atoms with Gasteiger partial charge in [0.15, 0.2) is 0 Å². The standard InChI is InChI=1S/C15H16N2O4/c1-2-3-13(14(20)16-9-19)17-7-11-6-10(8-18)4-5-12(11)15(17)21/h4-6,8-9,13H,2-3,7H2,1H3,(H,16,19,20). The molecule has 0 saturated carbocycles. The molecule has 110 valence electrons. The third-order valence-corrected chi connectivity index (χ3v) is 3.54. The molecule has 6 heteroatoms. The number of fused-ring (bicyclic) bond motifs is 1. The number of aldehydes is 1. The van der Waals surface area contributed by atoms with Gasteiger partial charge in [0.2, 0.25) is 12.3 Å². The molecular formula is C15H16N2O4. The summed E-state index contributed by atoms with van der Waals surface area (Å²) in [5.41, 5.74) is 1.72. The zero-order valence-corrected chi connectivity index (χ0v) is 11.7. The number of hydrogen-bond acceptors (Lipinski definition) is 4. The first kappa shape index (κ1) is 14.9. The molecule has 1 heterocycles. The minimum Gasteiger partial charge on any atom is -0.322 e. The van der Waals surface area contributed by atoms with Gasteiger partial charge in [-0.15, -0.1) is 0 Å². The summed E-state index contributed by atoms with van der Waals surface area (Å²) in [6.45, 7) is 2.17. The Labute approximate surface area is 122 Å². The molecule has 1 unspecified atom stereocenters. The summed E-state index contributed by atoms with van der Waals surface area (Å²) in [6, 6.07) is 4.15. The maximum Gasteiger partial charge on any atom is 0.255 e. The van der Waals surface area contributed by atoms with Crippen LogP contribution in [0.5, 0.6) is 0 Å². The number of carbonyl (C=O) groups excluding carboxylic acids is 4. The van der Waals surface area contributed by atoms with Gasteiger partial charge >= 0.3 is 0 Å². The molecule has 0 aromatic heterocycles. The van der Waals surface area contributed by atoms with E-state index in [0.29, 0.717) is 30.4 Å². The molecular weight excluding hydrogens is 272 g/mol. The lowest BCUT2D eigenvalue weighted by Gasteiger charge is -2.25. The number of carbonyl (C=O) groups is 4. The number of hydrogen-bond donors (Lipinski definition) is 1. The highest BCUT2D eigenvalue weighted by atomic mass is 16.2. The van der Waals surface area contributed by atoms with Crippen LogP contribution in [-0.4, -0.2) is 35.5 Å². The molecule has 1 atom stereocenters. The Morgan fingerprint density at radius 1 is 1.43 bits per heavy atom. The van der Waals surface area contributed by atoms with Crippen LogP contribution in [0.1, 0.15) is 46.0 Å². The van der Waals surface area contributed by atoms with Gasteiger partial charge in [0.25, 0.3) is 5.91 Å².